The van der Waals surface area contributed by atoms with Crippen molar-refractivity contribution < 1.29 is 0 Å². The minimum atomic E-state index is 0.237. The van der Waals surface area contributed by atoms with Crippen molar-refractivity contribution >= 4 is 6.08 Å². The third-order valence-electron chi connectivity index (χ3n) is 3.36. The van der Waals surface area contributed by atoms with E-state index in [1.807, 2.05) is 0 Å². The van der Waals surface area contributed by atoms with Crippen molar-refractivity contribution in [1.29, 1.82) is 0 Å². The van der Waals surface area contributed by atoms with Crippen LogP contribution in [0.3, 0.4) is 0 Å². The fraction of sp³-hybridized carbons (Fsp3) is 0.444. The van der Waals surface area contributed by atoms with Gasteiger partial charge < -0.3 is 0 Å². The first-order valence-corrected chi connectivity index (χ1v) is 6.71. The maximum Gasteiger partial charge on any atom is -0.0132 e. The lowest BCUT2D eigenvalue weighted by Crippen LogP contribution is -2.10. The van der Waals surface area contributed by atoms with Crippen molar-refractivity contribution in [3.8, 4) is 0 Å². The van der Waals surface area contributed by atoms with Crippen LogP contribution < -0.4 is 0 Å². The Labute approximate surface area is 112 Å². The van der Waals surface area contributed by atoms with E-state index in [0.717, 1.165) is 6.42 Å². The van der Waals surface area contributed by atoms with Gasteiger partial charge in [0.1, 0.15) is 0 Å². The van der Waals surface area contributed by atoms with Crippen LogP contribution in [-0.4, -0.2) is 0 Å². The molecule has 0 saturated carbocycles. The topological polar surface area (TPSA) is 0 Å². The summed E-state index contributed by atoms with van der Waals surface area (Å²) in [5, 5.41) is 0. The average Bonchev–Trinajstić information content (AvgIpc) is 2.28. The fourth-order valence-corrected chi connectivity index (χ4v) is 1.67. The lowest BCUT2D eigenvalue weighted by Gasteiger charge is -2.18. The molecule has 0 saturated heterocycles. The Kier molecular flexibility index (Phi) is 4.95. The van der Waals surface area contributed by atoms with Gasteiger partial charge in [0.25, 0.3) is 0 Å². The summed E-state index contributed by atoms with van der Waals surface area (Å²) in [6, 6.07) is 8.87. The van der Waals surface area contributed by atoms with Gasteiger partial charge in [0.05, 0.1) is 0 Å². The highest BCUT2D eigenvalue weighted by Gasteiger charge is 2.12. The lowest BCUT2D eigenvalue weighted by molar-refractivity contribution is 0.590. The van der Waals surface area contributed by atoms with Crippen molar-refractivity contribution in [3.63, 3.8) is 0 Å². The molecule has 0 unspecified atom stereocenters. The van der Waals surface area contributed by atoms with Crippen LogP contribution >= 0.6 is 0 Å². The molecule has 0 nitrogen and oxygen atoms in total. The average molecular weight is 242 g/mol. The zero-order valence-electron chi connectivity index (χ0n) is 12.7. The molecule has 0 heterocycles. The van der Waals surface area contributed by atoms with Crippen LogP contribution in [0.25, 0.3) is 6.08 Å². The van der Waals surface area contributed by atoms with Gasteiger partial charge in [-0.05, 0) is 43.7 Å². The number of allylic oxidation sites excluding steroid dienone is 3. The molecule has 0 N–H and O–H groups in total. The maximum absolute atomic E-state index is 2.25. The number of rotatable bonds is 3. The van der Waals surface area contributed by atoms with Crippen molar-refractivity contribution in [2.45, 2.75) is 53.4 Å². The van der Waals surface area contributed by atoms with Crippen LogP contribution in [0.4, 0.5) is 0 Å². The molecule has 0 aliphatic heterocycles. The predicted octanol–water partition coefficient (Wildman–Crippen LogP) is 5.74. The maximum atomic E-state index is 2.25. The second-order valence-electron chi connectivity index (χ2n) is 6.26. The summed E-state index contributed by atoms with van der Waals surface area (Å²) < 4.78 is 0. The number of hydrogen-bond acceptors (Lipinski definition) is 0. The molecule has 98 valence electrons. The Morgan fingerprint density at radius 2 is 1.56 bits per heavy atom. The van der Waals surface area contributed by atoms with Crippen LogP contribution in [0.5, 0.6) is 0 Å². The summed E-state index contributed by atoms with van der Waals surface area (Å²) in [6.45, 7) is 13.3. The van der Waals surface area contributed by atoms with E-state index in [0.29, 0.717) is 0 Å². The molecule has 0 aliphatic rings. The first-order chi connectivity index (χ1) is 8.30. The first kappa shape index (κ1) is 14.8. The van der Waals surface area contributed by atoms with Gasteiger partial charge in [-0.3, -0.25) is 0 Å². The minimum absolute atomic E-state index is 0.237. The lowest BCUT2D eigenvalue weighted by atomic mass is 9.87. The molecule has 0 atom stereocenters. The van der Waals surface area contributed by atoms with Gasteiger partial charge in [0.2, 0.25) is 0 Å². The molecule has 0 fully saturated rings. The van der Waals surface area contributed by atoms with Gasteiger partial charge in [-0.25, -0.2) is 0 Å². The number of hydrogen-bond donors (Lipinski definition) is 0. The van der Waals surface area contributed by atoms with E-state index >= 15 is 0 Å². The third kappa shape index (κ3) is 4.52. The van der Waals surface area contributed by atoms with E-state index < -0.39 is 0 Å². The summed E-state index contributed by atoms with van der Waals surface area (Å²) in [7, 11) is 0. The van der Waals surface area contributed by atoms with Crippen LogP contribution in [0.1, 0.15) is 59.1 Å². The van der Waals surface area contributed by atoms with Crippen LogP contribution in [0.15, 0.2) is 41.5 Å². The van der Waals surface area contributed by atoms with E-state index in [4.69, 9.17) is 0 Å². The molecule has 0 bridgehead atoms. The van der Waals surface area contributed by atoms with Crippen LogP contribution in [-0.2, 0) is 5.41 Å². The molecular weight excluding hydrogens is 216 g/mol. The summed E-state index contributed by atoms with van der Waals surface area (Å²) in [5.74, 6) is 0. The first-order valence-electron chi connectivity index (χ1n) is 6.71. The van der Waals surface area contributed by atoms with Crippen LogP contribution in [0, 0.1) is 0 Å². The van der Waals surface area contributed by atoms with Gasteiger partial charge in [0.15, 0.2) is 0 Å². The Morgan fingerprint density at radius 1 is 1.00 bits per heavy atom. The van der Waals surface area contributed by atoms with Crippen molar-refractivity contribution in [1.82, 2.24) is 0 Å². The molecular formula is C18H26. The molecule has 1 aromatic rings. The Bertz CT molecular complexity index is 432. The Balaban J connectivity index is 2.70. The van der Waals surface area contributed by atoms with Crippen molar-refractivity contribution in [3.05, 3.63) is 52.6 Å². The summed E-state index contributed by atoms with van der Waals surface area (Å²) in [4.78, 5) is 0. The normalized spacial score (nSPS) is 11.9. The predicted molar refractivity (Wildman–Crippen MR) is 82.8 cm³/mol. The van der Waals surface area contributed by atoms with Gasteiger partial charge in [-0.1, -0.05) is 68.3 Å². The van der Waals surface area contributed by atoms with E-state index in [1.165, 1.54) is 22.3 Å². The largest absolute Gasteiger partial charge is 0.0799 e. The molecule has 18 heavy (non-hydrogen) atoms. The van der Waals surface area contributed by atoms with E-state index in [-0.39, 0.29) is 5.41 Å². The smallest absolute Gasteiger partial charge is 0.0132 e. The zero-order chi connectivity index (χ0) is 13.8. The second-order valence-corrected chi connectivity index (χ2v) is 6.26. The van der Waals surface area contributed by atoms with Crippen molar-refractivity contribution in [2.24, 2.45) is 0 Å². The molecule has 1 rings (SSSR count). The summed E-state index contributed by atoms with van der Waals surface area (Å²) >= 11 is 0. The molecule has 0 amide bonds. The fourth-order valence-electron chi connectivity index (χ4n) is 1.67. The van der Waals surface area contributed by atoms with E-state index in [9.17, 15) is 0 Å². The minimum Gasteiger partial charge on any atom is -0.0799 e. The molecule has 0 spiro atoms. The number of benzene rings is 1. The highest BCUT2D eigenvalue weighted by molar-refractivity contribution is 5.50. The van der Waals surface area contributed by atoms with Gasteiger partial charge in [-0.15, -0.1) is 0 Å². The van der Waals surface area contributed by atoms with E-state index in [1.54, 1.807) is 0 Å². The molecule has 0 aromatic heterocycles. The molecule has 0 heteroatoms. The van der Waals surface area contributed by atoms with Gasteiger partial charge >= 0.3 is 0 Å². The molecule has 1 aromatic carbocycles. The summed E-state index contributed by atoms with van der Waals surface area (Å²) in [6.07, 6.45) is 5.50. The highest BCUT2D eigenvalue weighted by atomic mass is 14.2. The monoisotopic (exact) mass is 242 g/mol. The molecule has 0 aliphatic carbocycles. The third-order valence-corrected chi connectivity index (χ3v) is 3.36. The molecule has 0 radical (unpaired) electrons. The quantitative estimate of drug-likeness (QED) is 0.592. The zero-order valence-corrected chi connectivity index (χ0v) is 12.7. The second kappa shape index (κ2) is 6.04. The van der Waals surface area contributed by atoms with Gasteiger partial charge in [-0.2, -0.15) is 0 Å². The standard InChI is InChI=1S/C18H26/c1-14(2)15(3)8-7-9-16-10-12-17(13-11-16)18(4,5)6/h7,9-13H,8H2,1-6H3/b9-7+. The van der Waals surface area contributed by atoms with Gasteiger partial charge in [0, 0.05) is 0 Å². The Hall–Kier alpha value is -1.30. The highest BCUT2D eigenvalue weighted by Crippen LogP contribution is 2.22. The SMILES string of the molecule is CC(C)=C(C)C/C=C/c1ccc(C(C)(C)C)cc1. The van der Waals surface area contributed by atoms with E-state index in [2.05, 4.69) is 78.0 Å². The Morgan fingerprint density at radius 3 is 2.00 bits per heavy atom. The summed E-state index contributed by atoms with van der Waals surface area (Å²) in [5.41, 5.74) is 5.78. The van der Waals surface area contributed by atoms with Crippen LogP contribution in [0.2, 0.25) is 0 Å². The van der Waals surface area contributed by atoms with Crippen molar-refractivity contribution in [2.75, 3.05) is 0 Å².